The average molecular weight is 416 g/mol. The molecule has 0 spiro atoms. The number of hydrogen-bond acceptors (Lipinski definition) is 6. The van der Waals surface area contributed by atoms with Gasteiger partial charge in [-0.15, -0.1) is 0 Å². The van der Waals surface area contributed by atoms with E-state index < -0.39 is 11.7 Å². The quantitative estimate of drug-likeness (QED) is 0.823. The lowest BCUT2D eigenvalue weighted by molar-refractivity contribution is 0.0500. The molecule has 30 heavy (non-hydrogen) atoms. The molecular formula is C21H28N4O5. The number of hydrogen-bond donors (Lipinski definition) is 1. The van der Waals surface area contributed by atoms with E-state index in [0.29, 0.717) is 35.8 Å². The third-order valence-electron chi connectivity index (χ3n) is 4.68. The maximum absolute atomic E-state index is 13.2. The van der Waals surface area contributed by atoms with Crippen molar-refractivity contribution in [1.82, 2.24) is 15.1 Å². The fraction of sp³-hybridized carbons (Fsp3) is 0.476. The average Bonchev–Trinajstić information content (AvgIpc) is 3.07. The van der Waals surface area contributed by atoms with Crippen LogP contribution >= 0.6 is 0 Å². The van der Waals surface area contributed by atoms with Crippen molar-refractivity contribution >= 4 is 17.8 Å². The second-order valence-corrected chi connectivity index (χ2v) is 8.10. The third-order valence-corrected chi connectivity index (χ3v) is 4.68. The van der Waals surface area contributed by atoms with Crippen LogP contribution in [0.5, 0.6) is 11.5 Å². The summed E-state index contributed by atoms with van der Waals surface area (Å²) in [5, 5.41) is 7.35. The van der Waals surface area contributed by atoms with Crippen LogP contribution < -0.4 is 19.7 Å². The summed E-state index contributed by atoms with van der Waals surface area (Å²) < 4.78 is 17.6. The third kappa shape index (κ3) is 4.50. The van der Waals surface area contributed by atoms with Gasteiger partial charge in [0.25, 0.3) is 5.91 Å². The molecule has 2 heterocycles. The number of alkyl carbamates (subject to hydrolysis) is 1. The van der Waals surface area contributed by atoms with E-state index in [2.05, 4.69) is 10.4 Å². The highest BCUT2D eigenvalue weighted by Crippen LogP contribution is 2.35. The number of nitrogens with one attached hydrogen (secondary N) is 1. The van der Waals surface area contributed by atoms with E-state index in [1.165, 1.54) is 7.11 Å². The van der Waals surface area contributed by atoms with Crippen molar-refractivity contribution in [2.24, 2.45) is 7.05 Å². The number of amides is 2. The molecular weight excluding hydrogens is 388 g/mol. The predicted octanol–water partition coefficient (Wildman–Crippen LogP) is 3.05. The van der Waals surface area contributed by atoms with Crippen molar-refractivity contribution in [3.05, 3.63) is 35.5 Å². The first-order valence-corrected chi connectivity index (χ1v) is 9.70. The molecule has 1 unspecified atom stereocenters. The minimum Gasteiger partial charge on any atom is -0.493 e. The molecule has 2 aromatic rings. The van der Waals surface area contributed by atoms with Crippen LogP contribution in [0.25, 0.3) is 0 Å². The molecule has 2 amide bonds. The number of fused-ring (bicyclic) bond motifs is 1. The SMILES string of the molecule is COc1ccc(C(=O)N2CCC(NC(=O)OC(C)(C)C)c3cn(C)nc32)cc1OC. The minimum absolute atomic E-state index is 0.202. The molecule has 0 radical (unpaired) electrons. The molecule has 0 bridgehead atoms. The number of ether oxygens (including phenoxy) is 3. The molecule has 9 heteroatoms. The van der Waals surface area contributed by atoms with E-state index in [4.69, 9.17) is 14.2 Å². The molecule has 1 aromatic heterocycles. The number of methoxy groups -OCH3 is 2. The number of carbonyl (C=O) groups excluding carboxylic acids is 2. The summed E-state index contributed by atoms with van der Waals surface area (Å²) >= 11 is 0. The van der Waals surface area contributed by atoms with E-state index in [1.807, 2.05) is 27.0 Å². The van der Waals surface area contributed by atoms with Gasteiger partial charge in [0.15, 0.2) is 17.3 Å². The van der Waals surface area contributed by atoms with Gasteiger partial charge in [-0.3, -0.25) is 14.4 Å². The van der Waals surface area contributed by atoms with E-state index in [1.54, 1.807) is 41.9 Å². The maximum atomic E-state index is 13.2. The van der Waals surface area contributed by atoms with Gasteiger partial charge in [0.2, 0.25) is 0 Å². The topological polar surface area (TPSA) is 94.9 Å². The molecule has 1 atom stereocenters. The van der Waals surface area contributed by atoms with E-state index in [9.17, 15) is 9.59 Å². The highest BCUT2D eigenvalue weighted by Gasteiger charge is 2.34. The summed E-state index contributed by atoms with van der Waals surface area (Å²) in [6.45, 7) is 5.84. The van der Waals surface area contributed by atoms with Gasteiger partial charge in [-0.05, 0) is 45.4 Å². The Kier molecular flexibility index (Phi) is 5.91. The number of anilines is 1. The first-order valence-electron chi connectivity index (χ1n) is 9.70. The van der Waals surface area contributed by atoms with Crippen LogP contribution in [-0.4, -0.2) is 48.1 Å². The van der Waals surface area contributed by atoms with Crippen LogP contribution in [0, 0.1) is 0 Å². The molecule has 1 aliphatic rings. The van der Waals surface area contributed by atoms with Gasteiger partial charge >= 0.3 is 6.09 Å². The van der Waals surface area contributed by atoms with Crippen molar-refractivity contribution < 1.29 is 23.8 Å². The van der Waals surface area contributed by atoms with Crippen LogP contribution in [0.4, 0.5) is 10.6 Å². The van der Waals surface area contributed by atoms with E-state index in [0.717, 1.165) is 5.56 Å². The normalized spacial score (nSPS) is 15.9. The van der Waals surface area contributed by atoms with Gasteiger partial charge in [-0.2, -0.15) is 5.10 Å². The Morgan fingerprint density at radius 3 is 2.50 bits per heavy atom. The summed E-state index contributed by atoms with van der Waals surface area (Å²) in [5.74, 6) is 1.34. The second-order valence-electron chi connectivity index (χ2n) is 8.10. The molecule has 0 saturated heterocycles. The summed E-state index contributed by atoms with van der Waals surface area (Å²) in [6, 6.07) is 4.74. The van der Waals surface area contributed by atoms with Crippen molar-refractivity contribution in [3.8, 4) is 11.5 Å². The predicted molar refractivity (Wildman–Crippen MR) is 111 cm³/mol. The summed E-state index contributed by atoms with van der Waals surface area (Å²) in [6.07, 6.45) is 1.85. The van der Waals surface area contributed by atoms with E-state index in [-0.39, 0.29) is 11.9 Å². The summed E-state index contributed by atoms with van der Waals surface area (Å²) in [5.41, 5.74) is 0.637. The molecule has 1 aliphatic heterocycles. The van der Waals surface area contributed by atoms with Gasteiger partial charge in [-0.25, -0.2) is 4.79 Å². The highest BCUT2D eigenvalue weighted by molar-refractivity contribution is 6.06. The molecule has 1 N–H and O–H groups in total. The standard InChI is InChI=1S/C21H28N4O5/c1-21(2,3)30-20(27)22-15-9-10-25(18-14(15)12-24(4)23-18)19(26)13-7-8-16(28-5)17(11-13)29-6/h7-8,11-12,15H,9-10H2,1-6H3,(H,22,27). The first kappa shape index (κ1) is 21.5. The Labute approximate surface area is 175 Å². The van der Waals surface area contributed by atoms with Crippen molar-refractivity contribution in [1.29, 1.82) is 0 Å². The fourth-order valence-corrected chi connectivity index (χ4v) is 3.39. The molecule has 9 nitrogen and oxygen atoms in total. The minimum atomic E-state index is -0.591. The fourth-order valence-electron chi connectivity index (χ4n) is 3.39. The Morgan fingerprint density at radius 2 is 1.87 bits per heavy atom. The first-order chi connectivity index (χ1) is 14.1. The lowest BCUT2D eigenvalue weighted by Gasteiger charge is -2.31. The van der Waals surface area contributed by atoms with Gasteiger partial charge in [0, 0.05) is 30.9 Å². The van der Waals surface area contributed by atoms with Crippen LogP contribution in [0.2, 0.25) is 0 Å². The Balaban J connectivity index is 1.85. The molecule has 3 rings (SSSR count). The molecule has 0 saturated carbocycles. The maximum Gasteiger partial charge on any atom is 0.408 e. The van der Waals surface area contributed by atoms with Crippen molar-refractivity contribution in [3.63, 3.8) is 0 Å². The molecule has 0 fully saturated rings. The number of aromatic nitrogens is 2. The lowest BCUT2D eigenvalue weighted by atomic mass is 10.0. The van der Waals surface area contributed by atoms with Crippen molar-refractivity contribution in [2.45, 2.75) is 38.8 Å². The number of aryl methyl sites for hydroxylation is 1. The van der Waals surface area contributed by atoms with Crippen molar-refractivity contribution in [2.75, 3.05) is 25.7 Å². The Hall–Kier alpha value is -3.23. The Bertz CT molecular complexity index is 947. The van der Waals surface area contributed by atoms with Gasteiger partial charge in [-0.1, -0.05) is 0 Å². The summed E-state index contributed by atoms with van der Waals surface area (Å²) in [4.78, 5) is 27.1. The zero-order chi connectivity index (χ0) is 22.1. The zero-order valence-corrected chi connectivity index (χ0v) is 18.2. The smallest absolute Gasteiger partial charge is 0.408 e. The van der Waals surface area contributed by atoms with Gasteiger partial charge in [0.05, 0.1) is 20.3 Å². The van der Waals surface area contributed by atoms with Crippen LogP contribution in [-0.2, 0) is 11.8 Å². The number of rotatable bonds is 4. The summed E-state index contributed by atoms with van der Waals surface area (Å²) in [7, 11) is 4.85. The van der Waals surface area contributed by atoms with Crippen LogP contribution in [0.3, 0.4) is 0 Å². The molecule has 1 aromatic carbocycles. The zero-order valence-electron chi connectivity index (χ0n) is 18.2. The molecule has 0 aliphatic carbocycles. The number of nitrogens with zero attached hydrogens (tertiary/aromatic N) is 3. The number of carbonyl (C=O) groups is 2. The van der Waals surface area contributed by atoms with Crippen LogP contribution in [0.1, 0.15) is 49.2 Å². The molecule has 162 valence electrons. The largest absolute Gasteiger partial charge is 0.493 e. The lowest BCUT2D eigenvalue weighted by Crippen LogP contribution is -2.42. The van der Waals surface area contributed by atoms with Gasteiger partial charge in [0.1, 0.15) is 5.60 Å². The van der Waals surface area contributed by atoms with Gasteiger partial charge < -0.3 is 19.5 Å². The number of benzene rings is 1. The second kappa shape index (κ2) is 8.25. The monoisotopic (exact) mass is 416 g/mol. The Morgan fingerprint density at radius 1 is 1.17 bits per heavy atom. The van der Waals surface area contributed by atoms with E-state index >= 15 is 0 Å². The highest BCUT2D eigenvalue weighted by atomic mass is 16.6. The van der Waals surface area contributed by atoms with Crippen LogP contribution in [0.15, 0.2) is 24.4 Å².